The second-order valence-corrected chi connectivity index (χ2v) is 19.5. The predicted molar refractivity (Wildman–Crippen MR) is 307 cm³/mol. The SMILES string of the molecule is C.C.C.C=C(CCCCCCCN(CCCCCCCCC)CCCCN1CCN(C(=O)CN(CC/C=C\CCCCC)CCN(CC/C=C\CCCCC)CC/C=C\CCCCC)CC1)OC. The molecule has 0 aromatic carbocycles. The second-order valence-electron chi connectivity index (χ2n) is 19.5. The van der Waals surface area contributed by atoms with Gasteiger partial charge in [0, 0.05) is 65.3 Å². The van der Waals surface area contributed by atoms with E-state index in [2.05, 4.69) is 95.2 Å². The number of amides is 1. The van der Waals surface area contributed by atoms with E-state index in [1.807, 2.05) is 0 Å². The molecule has 1 rings (SSSR count). The third-order valence-corrected chi connectivity index (χ3v) is 13.6. The smallest absolute Gasteiger partial charge is 0.236 e. The number of ether oxygens (including phenoxy) is 1. The minimum atomic E-state index is 0. The van der Waals surface area contributed by atoms with E-state index in [0.717, 1.165) is 96.9 Å². The Morgan fingerprint density at radius 3 is 1.28 bits per heavy atom. The molecule has 404 valence electrons. The van der Waals surface area contributed by atoms with Gasteiger partial charge in [-0.3, -0.25) is 14.6 Å². The van der Waals surface area contributed by atoms with Gasteiger partial charge < -0.3 is 19.4 Å². The Morgan fingerprint density at radius 1 is 0.441 bits per heavy atom. The van der Waals surface area contributed by atoms with Crippen LogP contribution in [0.4, 0.5) is 0 Å². The molecule has 0 saturated carbocycles. The molecule has 1 amide bonds. The molecule has 7 nitrogen and oxygen atoms in total. The van der Waals surface area contributed by atoms with Crippen LogP contribution in [0.3, 0.4) is 0 Å². The fourth-order valence-corrected chi connectivity index (χ4v) is 9.00. The summed E-state index contributed by atoms with van der Waals surface area (Å²) in [5.41, 5.74) is 0. The van der Waals surface area contributed by atoms with Crippen molar-refractivity contribution in [2.75, 3.05) is 98.7 Å². The van der Waals surface area contributed by atoms with Crippen molar-refractivity contribution in [3.63, 3.8) is 0 Å². The van der Waals surface area contributed by atoms with Gasteiger partial charge in [0.1, 0.15) is 0 Å². The molecule has 0 aliphatic carbocycles. The Balaban J connectivity index is -0.0000141. The molecule has 0 aromatic heterocycles. The summed E-state index contributed by atoms with van der Waals surface area (Å²) in [6.45, 7) is 27.5. The van der Waals surface area contributed by atoms with Gasteiger partial charge >= 0.3 is 0 Å². The van der Waals surface area contributed by atoms with Crippen molar-refractivity contribution in [3.8, 4) is 0 Å². The lowest BCUT2D eigenvalue weighted by Gasteiger charge is -2.36. The fraction of sp³-hybridized carbons (Fsp3) is 0.852. The van der Waals surface area contributed by atoms with Crippen molar-refractivity contribution in [1.29, 1.82) is 0 Å². The van der Waals surface area contributed by atoms with Crippen LogP contribution in [0.2, 0.25) is 0 Å². The number of carbonyl (C=O) groups is 1. The molecule has 0 radical (unpaired) electrons. The summed E-state index contributed by atoms with van der Waals surface area (Å²) >= 11 is 0. The minimum Gasteiger partial charge on any atom is -0.502 e. The molecule has 0 N–H and O–H groups in total. The predicted octanol–water partition coefficient (Wildman–Crippen LogP) is 16.6. The van der Waals surface area contributed by atoms with Gasteiger partial charge in [0.15, 0.2) is 0 Å². The monoisotopic (exact) mass is 958 g/mol. The van der Waals surface area contributed by atoms with Crippen molar-refractivity contribution in [3.05, 3.63) is 48.8 Å². The normalized spacial score (nSPS) is 13.3. The lowest BCUT2D eigenvalue weighted by atomic mass is 10.1. The Bertz CT molecular complexity index is 1110. The first-order valence-corrected chi connectivity index (χ1v) is 28.3. The number of piperazine rings is 1. The largest absolute Gasteiger partial charge is 0.502 e. The van der Waals surface area contributed by atoms with Gasteiger partial charge in [-0.25, -0.2) is 0 Å². The average Bonchev–Trinajstić information content (AvgIpc) is 3.32. The zero-order chi connectivity index (χ0) is 47.1. The van der Waals surface area contributed by atoms with Crippen LogP contribution in [-0.2, 0) is 9.53 Å². The van der Waals surface area contributed by atoms with E-state index in [1.54, 1.807) is 7.11 Å². The summed E-state index contributed by atoms with van der Waals surface area (Å²) in [7, 11) is 1.73. The first kappa shape index (κ1) is 70.3. The van der Waals surface area contributed by atoms with Crippen molar-refractivity contribution in [2.24, 2.45) is 0 Å². The minimum absolute atomic E-state index is 0. The number of carbonyl (C=O) groups excluding carboxylic acids is 1. The molecule has 7 heteroatoms. The molecule has 0 aromatic rings. The number of nitrogens with zero attached hydrogens (tertiary/aromatic N) is 5. The molecular formula is C61H123N5O2. The molecule has 0 unspecified atom stereocenters. The van der Waals surface area contributed by atoms with Crippen LogP contribution in [0.5, 0.6) is 0 Å². The van der Waals surface area contributed by atoms with E-state index < -0.39 is 0 Å². The van der Waals surface area contributed by atoms with Crippen LogP contribution in [-0.4, -0.2) is 129 Å². The lowest BCUT2D eigenvalue weighted by Crippen LogP contribution is -2.51. The van der Waals surface area contributed by atoms with Crippen molar-refractivity contribution >= 4 is 5.91 Å². The van der Waals surface area contributed by atoms with Crippen molar-refractivity contribution in [1.82, 2.24) is 24.5 Å². The van der Waals surface area contributed by atoms with Crippen molar-refractivity contribution in [2.45, 2.75) is 243 Å². The van der Waals surface area contributed by atoms with Gasteiger partial charge in [0.2, 0.25) is 5.91 Å². The van der Waals surface area contributed by atoms with Crippen LogP contribution in [0.25, 0.3) is 0 Å². The number of hydrogen-bond donors (Lipinski definition) is 0. The highest BCUT2D eigenvalue weighted by molar-refractivity contribution is 5.78. The van der Waals surface area contributed by atoms with E-state index in [4.69, 9.17) is 4.74 Å². The van der Waals surface area contributed by atoms with E-state index in [9.17, 15) is 4.79 Å². The maximum Gasteiger partial charge on any atom is 0.236 e. The Morgan fingerprint density at radius 2 is 0.809 bits per heavy atom. The molecule has 0 atom stereocenters. The zero-order valence-corrected chi connectivity index (χ0v) is 44.3. The number of rotatable bonds is 48. The van der Waals surface area contributed by atoms with E-state index in [1.165, 1.54) is 187 Å². The highest BCUT2D eigenvalue weighted by Gasteiger charge is 2.23. The molecule has 1 heterocycles. The molecule has 0 bridgehead atoms. The number of hydrogen-bond acceptors (Lipinski definition) is 6. The molecule has 1 aliphatic heterocycles. The van der Waals surface area contributed by atoms with Gasteiger partial charge in [-0.1, -0.05) is 189 Å². The topological polar surface area (TPSA) is 42.5 Å². The first-order chi connectivity index (χ1) is 32.0. The van der Waals surface area contributed by atoms with Crippen LogP contribution < -0.4 is 0 Å². The summed E-state index contributed by atoms with van der Waals surface area (Å²) in [5.74, 6) is 1.25. The quantitative estimate of drug-likeness (QED) is 0.0344. The van der Waals surface area contributed by atoms with E-state index in [0.29, 0.717) is 12.5 Å². The Labute approximate surface area is 428 Å². The summed E-state index contributed by atoms with van der Waals surface area (Å²) < 4.78 is 5.24. The van der Waals surface area contributed by atoms with Crippen LogP contribution in [0, 0.1) is 0 Å². The lowest BCUT2D eigenvalue weighted by molar-refractivity contribution is -0.134. The average molecular weight is 959 g/mol. The van der Waals surface area contributed by atoms with Crippen LogP contribution in [0.1, 0.15) is 243 Å². The zero-order valence-electron chi connectivity index (χ0n) is 44.3. The fourth-order valence-electron chi connectivity index (χ4n) is 9.00. The highest BCUT2D eigenvalue weighted by atomic mass is 16.5. The highest BCUT2D eigenvalue weighted by Crippen LogP contribution is 2.14. The summed E-state index contributed by atoms with van der Waals surface area (Å²) in [6.07, 6.45) is 52.5. The molecule has 1 fully saturated rings. The van der Waals surface area contributed by atoms with Gasteiger partial charge in [-0.05, 0) is 116 Å². The Kier molecular flexibility index (Phi) is 56.3. The first-order valence-electron chi connectivity index (χ1n) is 28.3. The second kappa shape index (κ2) is 54.4. The van der Waals surface area contributed by atoms with Crippen LogP contribution in [0.15, 0.2) is 48.8 Å². The number of allylic oxidation sites excluding steroid dienone is 4. The van der Waals surface area contributed by atoms with Gasteiger partial charge in [0.25, 0.3) is 0 Å². The summed E-state index contributed by atoms with van der Waals surface area (Å²) in [6, 6.07) is 0. The maximum absolute atomic E-state index is 13.9. The molecular weight excluding hydrogens is 835 g/mol. The van der Waals surface area contributed by atoms with Gasteiger partial charge in [-0.15, -0.1) is 0 Å². The maximum atomic E-state index is 13.9. The Hall–Kier alpha value is -1.93. The summed E-state index contributed by atoms with van der Waals surface area (Å²) in [5, 5.41) is 0. The molecule has 1 aliphatic rings. The molecule has 68 heavy (non-hydrogen) atoms. The van der Waals surface area contributed by atoms with E-state index in [-0.39, 0.29) is 22.3 Å². The van der Waals surface area contributed by atoms with E-state index >= 15 is 0 Å². The standard InChI is InChI=1S/C58H111N5O2.3CH4/c1-7-11-15-19-23-29-35-43-59(44-36-33-27-28-34-42-57(5)65-6)47-40-41-48-61-52-54-63(55-53-61)58(64)56-62(49-39-32-26-22-18-14-10-4)51-50-60(45-37-30-24-20-16-12-8-2)46-38-31-25-21-17-13-9-3;;;/h24-26,30-32H,5,7-23,27-29,33-56H2,1-4,6H3;3*1H4/b30-24-,31-25-,32-26-;;;. The molecule has 0 spiro atoms. The number of unbranched alkanes of at least 4 members (excludes halogenated alkanes) is 20. The van der Waals surface area contributed by atoms with Gasteiger partial charge in [0.05, 0.1) is 19.4 Å². The van der Waals surface area contributed by atoms with Crippen molar-refractivity contribution < 1.29 is 9.53 Å². The van der Waals surface area contributed by atoms with Crippen LogP contribution >= 0.6 is 0 Å². The van der Waals surface area contributed by atoms with Gasteiger partial charge in [-0.2, -0.15) is 0 Å². The molecule has 1 saturated heterocycles. The third kappa shape index (κ3) is 44.0. The number of methoxy groups -OCH3 is 1. The summed E-state index contributed by atoms with van der Waals surface area (Å²) in [4.78, 5) is 26.6. The third-order valence-electron chi connectivity index (χ3n) is 13.6.